The Balaban J connectivity index is 2.24. The lowest BCUT2D eigenvalue weighted by Gasteiger charge is -2.12. The molecule has 7 heteroatoms. The lowest BCUT2D eigenvalue weighted by atomic mass is 10.2. The van der Waals surface area contributed by atoms with Crippen molar-refractivity contribution in [3.05, 3.63) is 54.1 Å². The molecule has 0 saturated heterocycles. The highest BCUT2D eigenvalue weighted by molar-refractivity contribution is 7.92. The molecule has 0 radical (unpaired) electrons. The van der Waals surface area contributed by atoms with Crippen LogP contribution in [0.4, 0.5) is 5.69 Å². The van der Waals surface area contributed by atoms with Crippen LogP contribution in [0.15, 0.2) is 53.4 Å². The highest BCUT2D eigenvalue weighted by Crippen LogP contribution is 2.20. The maximum absolute atomic E-state index is 12.5. The van der Waals surface area contributed by atoms with Gasteiger partial charge in [-0.25, -0.2) is 8.42 Å². The molecule has 6 nitrogen and oxygen atoms in total. The molecule has 128 valence electrons. The minimum Gasteiger partial charge on any atom is -0.494 e. The molecule has 0 aromatic heterocycles. The minimum absolute atomic E-state index is 0.0316. The number of carbonyl (C=O) groups excluding carboxylic acids is 1. The smallest absolute Gasteiger partial charge is 0.261 e. The van der Waals surface area contributed by atoms with Crippen molar-refractivity contribution < 1.29 is 17.9 Å². The predicted octanol–water partition coefficient (Wildman–Crippen LogP) is 2.59. The average Bonchev–Trinajstić information content (AvgIpc) is 2.56. The van der Waals surface area contributed by atoms with Crippen LogP contribution < -0.4 is 9.46 Å². The van der Waals surface area contributed by atoms with E-state index >= 15 is 0 Å². The van der Waals surface area contributed by atoms with Gasteiger partial charge in [-0.05, 0) is 49.4 Å². The first kappa shape index (κ1) is 17.8. The van der Waals surface area contributed by atoms with E-state index in [0.717, 1.165) is 0 Å². The molecule has 1 N–H and O–H groups in total. The van der Waals surface area contributed by atoms with Crippen LogP contribution in [0.25, 0.3) is 0 Å². The van der Waals surface area contributed by atoms with Gasteiger partial charge >= 0.3 is 0 Å². The van der Waals surface area contributed by atoms with Gasteiger partial charge in [0.05, 0.1) is 11.5 Å². The number of nitrogens with one attached hydrogen (secondary N) is 1. The topological polar surface area (TPSA) is 75.7 Å². The van der Waals surface area contributed by atoms with E-state index in [2.05, 4.69) is 4.72 Å². The monoisotopic (exact) mass is 348 g/mol. The summed E-state index contributed by atoms with van der Waals surface area (Å²) in [6, 6.07) is 12.6. The molecular formula is C17H20N2O4S. The Bertz CT molecular complexity index is 815. The van der Waals surface area contributed by atoms with Crippen molar-refractivity contribution in [1.29, 1.82) is 0 Å². The summed E-state index contributed by atoms with van der Waals surface area (Å²) >= 11 is 0. The zero-order valence-corrected chi connectivity index (χ0v) is 14.6. The van der Waals surface area contributed by atoms with E-state index in [1.807, 2.05) is 6.92 Å². The Labute approximate surface area is 142 Å². The molecule has 0 bridgehead atoms. The van der Waals surface area contributed by atoms with E-state index in [-0.39, 0.29) is 10.8 Å². The van der Waals surface area contributed by atoms with Crippen LogP contribution >= 0.6 is 0 Å². The third kappa shape index (κ3) is 4.26. The highest BCUT2D eigenvalue weighted by Gasteiger charge is 2.17. The predicted molar refractivity (Wildman–Crippen MR) is 92.9 cm³/mol. The largest absolute Gasteiger partial charge is 0.494 e. The first-order valence-corrected chi connectivity index (χ1v) is 8.89. The minimum atomic E-state index is -3.78. The molecule has 0 saturated carbocycles. The molecule has 0 aliphatic heterocycles. The second-order valence-corrected chi connectivity index (χ2v) is 6.97. The number of sulfonamides is 1. The number of amides is 1. The zero-order chi connectivity index (χ0) is 17.7. The molecular weight excluding hydrogens is 328 g/mol. The van der Waals surface area contributed by atoms with Gasteiger partial charge in [0.15, 0.2) is 0 Å². The van der Waals surface area contributed by atoms with Gasteiger partial charge in [0.2, 0.25) is 0 Å². The molecule has 0 unspecified atom stereocenters. The standard InChI is InChI=1S/C17H20N2O4S/c1-4-23-15-10-8-14(9-11-15)18-24(21,22)16-7-5-6-13(12-16)17(20)19(2)3/h5-12,18H,4H2,1-3H3. The van der Waals surface area contributed by atoms with E-state index in [1.165, 1.54) is 17.0 Å². The van der Waals surface area contributed by atoms with E-state index < -0.39 is 10.0 Å². The van der Waals surface area contributed by atoms with E-state index in [9.17, 15) is 13.2 Å². The number of ether oxygens (including phenoxy) is 1. The van der Waals surface area contributed by atoms with Crippen molar-refractivity contribution in [3.8, 4) is 5.75 Å². The summed E-state index contributed by atoms with van der Waals surface area (Å²) in [6.45, 7) is 2.41. The van der Waals surface area contributed by atoms with Gasteiger partial charge < -0.3 is 9.64 Å². The SMILES string of the molecule is CCOc1ccc(NS(=O)(=O)c2cccc(C(=O)N(C)C)c2)cc1. The Morgan fingerprint density at radius 3 is 2.38 bits per heavy atom. The van der Waals surface area contributed by atoms with Crippen LogP contribution in [0.1, 0.15) is 17.3 Å². The summed E-state index contributed by atoms with van der Waals surface area (Å²) in [4.78, 5) is 13.4. The van der Waals surface area contributed by atoms with Crippen LogP contribution in [-0.2, 0) is 10.0 Å². The van der Waals surface area contributed by atoms with Crippen LogP contribution in [0.2, 0.25) is 0 Å². The van der Waals surface area contributed by atoms with E-state index in [0.29, 0.717) is 23.6 Å². The van der Waals surface area contributed by atoms with Crippen molar-refractivity contribution in [3.63, 3.8) is 0 Å². The molecule has 2 aromatic carbocycles. The first-order valence-electron chi connectivity index (χ1n) is 7.41. The molecule has 2 aromatic rings. The second-order valence-electron chi connectivity index (χ2n) is 5.29. The van der Waals surface area contributed by atoms with Gasteiger partial charge in [0.25, 0.3) is 15.9 Å². The van der Waals surface area contributed by atoms with Crippen molar-refractivity contribution in [2.24, 2.45) is 0 Å². The molecule has 0 spiro atoms. The fraction of sp³-hybridized carbons (Fsp3) is 0.235. The van der Waals surface area contributed by atoms with Crippen LogP contribution in [0, 0.1) is 0 Å². The van der Waals surface area contributed by atoms with Gasteiger partial charge in [-0.2, -0.15) is 0 Å². The second kappa shape index (κ2) is 7.35. The van der Waals surface area contributed by atoms with Crippen molar-refractivity contribution in [2.75, 3.05) is 25.4 Å². The number of nitrogens with zero attached hydrogens (tertiary/aromatic N) is 1. The number of carbonyl (C=O) groups is 1. The fourth-order valence-corrected chi connectivity index (χ4v) is 3.16. The Morgan fingerprint density at radius 1 is 1.12 bits per heavy atom. The first-order chi connectivity index (χ1) is 11.3. The number of benzene rings is 2. The van der Waals surface area contributed by atoms with Gasteiger partial charge in [0.1, 0.15) is 5.75 Å². The van der Waals surface area contributed by atoms with Crippen LogP contribution in [0.5, 0.6) is 5.75 Å². The molecule has 0 aliphatic rings. The van der Waals surface area contributed by atoms with Gasteiger partial charge in [0, 0.05) is 25.3 Å². The Morgan fingerprint density at radius 2 is 1.79 bits per heavy atom. The normalized spacial score (nSPS) is 11.0. The average molecular weight is 348 g/mol. The molecule has 1 amide bonds. The molecule has 2 rings (SSSR count). The maximum atomic E-state index is 12.5. The van der Waals surface area contributed by atoms with Crippen molar-refractivity contribution in [2.45, 2.75) is 11.8 Å². The van der Waals surface area contributed by atoms with Crippen LogP contribution in [-0.4, -0.2) is 39.9 Å². The Kier molecular flexibility index (Phi) is 5.46. The third-order valence-electron chi connectivity index (χ3n) is 3.22. The zero-order valence-electron chi connectivity index (χ0n) is 13.8. The number of rotatable bonds is 6. The summed E-state index contributed by atoms with van der Waals surface area (Å²) in [5.74, 6) is 0.409. The number of hydrogen-bond acceptors (Lipinski definition) is 4. The molecule has 0 fully saturated rings. The lowest BCUT2D eigenvalue weighted by Crippen LogP contribution is -2.22. The molecule has 0 aliphatic carbocycles. The summed E-state index contributed by atoms with van der Waals surface area (Å²) in [6.07, 6.45) is 0. The highest BCUT2D eigenvalue weighted by atomic mass is 32.2. The number of anilines is 1. The van der Waals surface area contributed by atoms with Crippen molar-refractivity contribution in [1.82, 2.24) is 4.90 Å². The van der Waals surface area contributed by atoms with Crippen LogP contribution in [0.3, 0.4) is 0 Å². The van der Waals surface area contributed by atoms with Gasteiger partial charge in [-0.15, -0.1) is 0 Å². The van der Waals surface area contributed by atoms with E-state index in [1.54, 1.807) is 50.5 Å². The fourth-order valence-electron chi connectivity index (χ4n) is 2.05. The molecule has 0 atom stereocenters. The lowest BCUT2D eigenvalue weighted by molar-refractivity contribution is 0.0827. The summed E-state index contributed by atoms with van der Waals surface area (Å²) in [7, 11) is -0.556. The van der Waals surface area contributed by atoms with Gasteiger partial charge in [-0.3, -0.25) is 9.52 Å². The van der Waals surface area contributed by atoms with E-state index in [4.69, 9.17) is 4.74 Å². The Hall–Kier alpha value is -2.54. The quantitative estimate of drug-likeness (QED) is 0.870. The third-order valence-corrected chi connectivity index (χ3v) is 4.59. The number of hydrogen-bond donors (Lipinski definition) is 1. The molecule has 0 heterocycles. The summed E-state index contributed by atoms with van der Waals surface area (Å²) < 4.78 is 32.8. The van der Waals surface area contributed by atoms with Crippen molar-refractivity contribution >= 4 is 21.6 Å². The van der Waals surface area contributed by atoms with Gasteiger partial charge in [-0.1, -0.05) is 6.07 Å². The summed E-state index contributed by atoms with van der Waals surface area (Å²) in [5, 5.41) is 0. The molecule has 24 heavy (non-hydrogen) atoms. The summed E-state index contributed by atoms with van der Waals surface area (Å²) in [5.41, 5.74) is 0.734. The maximum Gasteiger partial charge on any atom is 0.261 e.